The summed E-state index contributed by atoms with van der Waals surface area (Å²) in [7, 11) is 0. The number of rotatable bonds is 11. The first-order valence-electron chi connectivity index (χ1n) is 15.7. The van der Waals surface area contributed by atoms with E-state index in [-0.39, 0.29) is 0 Å². The lowest BCUT2D eigenvalue weighted by Crippen LogP contribution is -2.02. The summed E-state index contributed by atoms with van der Waals surface area (Å²) in [6, 6.07) is 11.1. The van der Waals surface area contributed by atoms with E-state index in [0.717, 1.165) is 56.8 Å². The molecule has 3 aliphatic heterocycles. The number of aromatic nitrogens is 4. The Hall–Kier alpha value is -2.35. The highest BCUT2D eigenvalue weighted by Gasteiger charge is 2.25. The lowest BCUT2D eigenvalue weighted by Gasteiger charge is -2.22. The summed E-state index contributed by atoms with van der Waals surface area (Å²) in [6.45, 7) is 4.55. The van der Waals surface area contributed by atoms with Crippen LogP contribution in [0.15, 0.2) is 30.3 Å². The average molecular weight is 615 g/mol. The number of aromatic amines is 2. The first kappa shape index (κ1) is 29.7. The number of unbranched alkanes of at least 4 members (excludes halogenated alkanes) is 6. The van der Waals surface area contributed by atoms with Gasteiger partial charge in [-0.1, -0.05) is 52.4 Å². The van der Waals surface area contributed by atoms with Crippen LogP contribution in [0.5, 0.6) is 0 Å². The van der Waals surface area contributed by atoms with E-state index in [2.05, 4.69) is 78.5 Å². The van der Waals surface area contributed by atoms with Crippen molar-refractivity contribution in [3.8, 4) is 0 Å². The highest BCUT2D eigenvalue weighted by Crippen LogP contribution is 2.49. The maximum atomic E-state index is 5.35. The molecule has 0 atom stereocenters. The van der Waals surface area contributed by atoms with Gasteiger partial charge in [-0.05, 0) is 80.3 Å². The van der Waals surface area contributed by atoms with Crippen molar-refractivity contribution in [3.05, 3.63) is 69.8 Å². The van der Waals surface area contributed by atoms with Crippen LogP contribution < -0.4 is 0 Å². The molecule has 0 spiro atoms. The highest BCUT2D eigenvalue weighted by molar-refractivity contribution is 8.32. The molecular formula is C35H42N4S3. The molecule has 42 heavy (non-hydrogen) atoms. The Labute approximate surface area is 263 Å². The Morgan fingerprint density at radius 1 is 0.643 bits per heavy atom. The van der Waals surface area contributed by atoms with Crippen LogP contribution in [0.4, 0.5) is 0 Å². The van der Waals surface area contributed by atoms with Gasteiger partial charge in [0, 0.05) is 48.9 Å². The minimum atomic E-state index is 0.334. The van der Waals surface area contributed by atoms with Crippen LogP contribution in [0, 0.1) is 0 Å². The molecule has 0 radical (unpaired) electrons. The molecule has 0 aliphatic carbocycles. The largest absolute Gasteiger partial charge is 0.355 e. The number of nitrogens with zero attached hydrogens (tertiary/aromatic N) is 2. The first-order chi connectivity index (χ1) is 20.7. The van der Waals surface area contributed by atoms with E-state index in [1.54, 1.807) is 0 Å². The molecule has 3 aromatic heterocycles. The highest BCUT2D eigenvalue weighted by atomic mass is 32.3. The maximum absolute atomic E-state index is 5.35. The predicted octanol–water partition coefficient (Wildman–Crippen LogP) is 11.0. The third-order valence-corrected chi connectivity index (χ3v) is 12.5. The van der Waals surface area contributed by atoms with Gasteiger partial charge >= 0.3 is 0 Å². The van der Waals surface area contributed by atoms with E-state index < -0.39 is 0 Å². The van der Waals surface area contributed by atoms with Crippen molar-refractivity contribution in [2.24, 2.45) is 0 Å². The molecule has 0 amide bonds. The van der Waals surface area contributed by atoms with Gasteiger partial charge in [0.15, 0.2) is 0 Å². The zero-order valence-corrected chi connectivity index (χ0v) is 27.3. The summed E-state index contributed by atoms with van der Waals surface area (Å²) in [5.74, 6) is 0. The van der Waals surface area contributed by atoms with Gasteiger partial charge in [-0.3, -0.25) is 0 Å². The molecule has 7 heteroatoms. The summed E-state index contributed by atoms with van der Waals surface area (Å²) < 4.78 is 0.334. The zero-order valence-electron chi connectivity index (χ0n) is 24.9. The molecule has 2 N–H and O–H groups in total. The molecule has 3 aromatic rings. The van der Waals surface area contributed by atoms with E-state index in [0.29, 0.717) is 4.58 Å². The number of aryl methyl sites for hydroxylation is 2. The molecule has 8 bridgehead atoms. The minimum Gasteiger partial charge on any atom is -0.355 e. The first-order valence-corrected chi connectivity index (χ1v) is 18.9. The quantitative estimate of drug-likeness (QED) is 0.145. The molecule has 220 valence electrons. The number of hydrogen-bond donors (Lipinski definition) is 2. The second kappa shape index (κ2) is 14.4. The molecule has 1 fully saturated rings. The van der Waals surface area contributed by atoms with Crippen LogP contribution in [0.2, 0.25) is 0 Å². The lowest BCUT2D eigenvalue weighted by molar-refractivity contribution is 0.667. The smallest absolute Gasteiger partial charge is 0.0810 e. The standard InChI is InChI=1S/C35H42N4S3/c1-3-5-7-9-11-26-28-15-13-24(36-28)21-25-14-16-29(37-25)27(12-10-8-6-4-2)31-18-20-33(39-31)34(32-19-17-30(26)38-32)35-41-22-40-23-42-35/h13-21,35-37H,3-12,22-23H2,1-2H3. The number of thioether (sulfide) groups is 3. The molecule has 1 saturated heterocycles. The Morgan fingerprint density at radius 2 is 1.14 bits per heavy atom. The van der Waals surface area contributed by atoms with Gasteiger partial charge in [-0.25, -0.2) is 9.97 Å². The van der Waals surface area contributed by atoms with Gasteiger partial charge in [0.05, 0.1) is 27.4 Å². The van der Waals surface area contributed by atoms with E-state index in [4.69, 9.17) is 9.97 Å². The molecule has 4 nitrogen and oxygen atoms in total. The summed E-state index contributed by atoms with van der Waals surface area (Å²) in [5, 5.41) is 2.22. The fourth-order valence-electron chi connectivity index (χ4n) is 5.97. The van der Waals surface area contributed by atoms with Crippen molar-refractivity contribution < 1.29 is 0 Å². The van der Waals surface area contributed by atoms with Crippen LogP contribution in [-0.4, -0.2) is 30.1 Å². The summed E-state index contributed by atoms with van der Waals surface area (Å²) >= 11 is 6.05. The predicted molar refractivity (Wildman–Crippen MR) is 190 cm³/mol. The van der Waals surface area contributed by atoms with Gasteiger partial charge in [0.1, 0.15) is 0 Å². The number of nitrogens with one attached hydrogen (secondary N) is 2. The van der Waals surface area contributed by atoms with Crippen molar-refractivity contribution in [1.82, 2.24) is 19.9 Å². The fourth-order valence-corrected chi connectivity index (χ4v) is 10.8. The molecule has 3 aliphatic rings. The third-order valence-electron chi connectivity index (χ3n) is 8.23. The van der Waals surface area contributed by atoms with Crippen molar-refractivity contribution in [3.63, 3.8) is 0 Å². The molecule has 6 rings (SSSR count). The van der Waals surface area contributed by atoms with Gasteiger partial charge in [-0.15, -0.1) is 35.3 Å². The van der Waals surface area contributed by atoms with Gasteiger partial charge < -0.3 is 9.97 Å². The molecule has 6 heterocycles. The van der Waals surface area contributed by atoms with Crippen LogP contribution in [0.1, 0.15) is 109 Å². The molecular weight excluding hydrogens is 573 g/mol. The number of H-pyrrole nitrogens is 2. The number of hydrogen-bond acceptors (Lipinski definition) is 5. The van der Waals surface area contributed by atoms with E-state index >= 15 is 0 Å². The number of fused-ring (bicyclic) bond motifs is 8. The normalized spacial score (nSPS) is 15.1. The van der Waals surface area contributed by atoms with Crippen molar-refractivity contribution in [2.75, 3.05) is 10.2 Å². The summed E-state index contributed by atoms with van der Waals surface area (Å²) in [4.78, 5) is 18.2. The van der Waals surface area contributed by atoms with Crippen molar-refractivity contribution in [2.45, 2.75) is 82.6 Å². The Bertz CT molecular complexity index is 1500. The van der Waals surface area contributed by atoms with Crippen LogP contribution >= 0.6 is 35.3 Å². The second-order valence-electron chi connectivity index (χ2n) is 11.3. The fraction of sp³-hybridized carbons (Fsp3) is 0.429. The van der Waals surface area contributed by atoms with Crippen LogP contribution in [0.25, 0.3) is 46.4 Å². The van der Waals surface area contributed by atoms with E-state index in [1.165, 1.54) is 79.1 Å². The van der Waals surface area contributed by atoms with E-state index in [1.807, 2.05) is 35.3 Å². The average Bonchev–Trinajstić information content (AvgIpc) is 3.83. The van der Waals surface area contributed by atoms with E-state index in [9.17, 15) is 0 Å². The molecule has 0 saturated carbocycles. The minimum absolute atomic E-state index is 0.334. The van der Waals surface area contributed by atoms with Crippen LogP contribution in [-0.2, 0) is 12.8 Å². The van der Waals surface area contributed by atoms with Crippen molar-refractivity contribution >= 4 is 81.7 Å². The Balaban J connectivity index is 1.58. The molecule has 0 aromatic carbocycles. The Morgan fingerprint density at radius 3 is 1.64 bits per heavy atom. The monoisotopic (exact) mass is 614 g/mol. The van der Waals surface area contributed by atoms with Gasteiger partial charge in [0.25, 0.3) is 0 Å². The Kier molecular flexibility index (Phi) is 10.2. The maximum Gasteiger partial charge on any atom is 0.0810 e. The summed E-state index contributed by atoms with van der Waals surface area (Å²) in [5.41, 5.74) is 12.8. The lowest BCUT2D eigenvalue weighted by atomic mass is 10.0. The third kappa shape index (κ3) is 6.89. The SMILES string of the molecule is CCCCCCc1c2nc(c(C3SCSCS3)c3nc(c(CCCCCC)c4ccc(cc5ccc1[nH]5)[nH]4)C=C3)C=C2. The van der Waals surface area contributed by atoms with Gasteiger partial charge in [0.2, 0.25) is 0 Å². The summed E-state index contributed by atoms with van der Waals surface area (Å²) in [6.07, 6.45) is 20.9. The zero-order chi connectivity index (χ0) is 28.7. The second-order valence-corrected chi connectivity index (χ2v) is 15.5. The van der Waals surface area contributed by atoms with Crippen LogP contribution in [0.3, 0.4) is 0 Å². The van der Waals surface area contributed by atoms with Crippen molar-refractivity contribution in [1.29, 1.82) is 0 Å². The van der Waals surface area contributed by atoms with Gasteiger partial charge in [-0.2, -0.15) is 0 Å². The molecule has 0 unspecified atom stereocenters. The topological polar surface area (TPSA) is 57.4 Å².